The van der Waals surface area contributed by atoms with Crippen molar-refractivity contribution < 1.29 is 4.79 Å². The monoisotopic (exact) mass is 332 g/mol. The fraction of sp³-hybridized carbons (Fsp3) is 0.375. The highest BCUT2D eigenvalue weighted by molar-refractivity contribution is 9.09. The first kappa shape index (κ1) is 13.6. The van der Waals surface area contributed by atoms with Gasteiger partial charge in [-0.05, 0) is 23.3 Å². The van der Waals surface area contributed by atoms with E-state index in [1.54, 1.807) is 0 Å². The van der Waals surface area contributed by atoms with E-state index in [0.29, 0.717) is 12.3 Å². The molecular formula is C16H17BrN2O. The first-order valence-corrected chi connectivity index (χ1v) is 8.05. The number of benzene rings is 1. The molecule has 1 amide bonds. The van der Waals surface area contributed by atoms with E-state index in [-0.39, 0.29) is 5.91 Å². The van der Waals surface area contributed by atoms with Gasteiger partial charge in [0.25, 0.3) is 0 Å². The predicted octanol–water partition coefficient (Wildman–Crippen LogP) is 3.02. The average Bonchev–Trinajstić information content (AvgIpc) is 2.85. The molecule has 1 unspecified atom stereocenters. The summed E-state index contributed by atoms with van der Waals surface area (Å²) in [4.78, 5) is 18.2. The standard InChI is InChI=1S/C16H17BrN2O/c17-8-12-7-16(20)19(11-12)6-5-14-10-18-9-13-3-1-2-4-15(13)14/h1-4,9-10,12H,5-8,11H2. The number of fused-ring (bicyclic) bond motifs is 1. The van der Waals surface area contributed by atoms with Crippen molar-refractivity contribution >= 4 is 32.6 Å². The molecule has 0 saturated carbocycles. The van der Waals surface area contributed by atoms with Gasteiger partial charge < -0.3 is 4.90 Å². The van der Waals surface area contributed by atoms with Crippen LogP contribution in [-0.2, 0) is 11.2 Å². The van der Waals surface area contributed by atoms with Crippen molar-refractivity contribution in [1.82, 2.24) is 9.88 Å². The largest absolute Gasteiger partial charge is 0.342 e. The number of hydrogen-bond donors (Lipinski definition) is 0. The Kier molecular flexibility index (Phi) is 4.01. The number of rotatable bonds is 4. The summed E-state index contributed by atoms with van der Waals surface area (Å²) in [7, 11) is 0. The van der Waals surface area contributed by atoms with Gasteiger partial charge in [-0.15, -0.1) is 0 Å². The van der Waals surface area contributed by atoms with Gasteiger partial charge in [-0.2, -0.15) is 0 Å². The summed E-state index contributed by atoms with van der Waals surface area (Å²) in [6.07, 6.45) is 5.36. The first-order chi connectivity index (χ1) is 9.78. The average molecular weight is 333 g/mol. The molecule has 1 aromatic heterocycles. The third kappa shape index (κ3) is 2.70. The molecule has 0 bridgehead atoms. The van der Waals surface area contributed by atoms with Crippen molar-refractivity contribution in [3.05, 3.63) is 42.2 Å². The second kappa shape index (κ2) is 5.92. The summed E-state index contributed by atoms with van der Waals surface area (Å²) >= 11 is 3.47. The summed E-state index contributed by atoms with van der Waals surface area (Å²) in [5.74, 6) is 0.746. The molecule has 4 heteroatoms. The zero-order chi connectivity index (χ0) is 13.9. The Labute approximate surface area is 127 Å². The maximum absolute atomic E-state index is 11.9. The van der Waals surface area contributed by atoms with Gasteiger partial charge in [0, 0.05) is 42.6 Å². The lowest BCUT2D eigenvalue weighted by Crippen LogP contribution is -2.27. The van der Waals surface area contributed by atoms with E-state index in [9.17, 15) is 4.79 Å². The summed E-state index contributed by atoms with van der Waals surface area (Å²) in [6, 6.07) is 8.28. The third-order valence-corrected chi connectivity index (χ3v) is 4.83. The normalized spacial score (nSPS) is 18.9. The molecule has 0 N–H and O–H groups in total. The minimum absolute atomic E-state index is 0.280. The fourth-order valence-corrected chi connectivity index (χ4v) is 3.24. The van der Waals surface area contributed by atoms with Crippen LogP contribution in [0.2, 0.25) is 0 Å². The smallest absolute Gasteiger partial charge is 0.222 e. The minimum atomic E-state index is 0.280. The zero-order valence-electron chi connectivity index (χ0n) is 11.3. The van der Waals surface area contributed by atoms with Crippen LogP contribution in [0.1, 0.15) is 12.0 Å². The number of aromatic nitrogens is 1. The summed E-state index contributed by atoms with van der Waals surface area (Å²) < 4.78 is 0. The van der Waals surface area contributed by atoms with Crippen molar-refractivity contribution in [2.45, 2.75) is 12.8 Å². The number of amides is 1. The molecule has 1 aliphatic heterocycles. The Bertz CT molecular complexity index is 623. The van der Waals surface area contributed by atoms with E-state index >= 15 is 0 Å². The Hall–Kier alpha value is -1.42. The number of carbonyl (C=O) groups is 1. The highest BCUT2D eigenvalue weighted by Crippen LogP contribution is 2.22. The van der Waals surface area contributed by atoms with Gasteiger partial charge in [-0.25, -0.2) is 0 Å². The van der Waals surface area contributed by atoms with Crippen LogP contribution in [0, 0.1) is 5.92 Å². The molecule has 104 valence electrons. The van der Waals surface area contributed by atoms with E-state index in [0.717, 1.165) is 30.2 Å². The Morgan fingerprint density at radius 1 is 1.30 bits per heavy atom. The predicted molar refractivity (Wildman–Crippen MR) is 83.9 cm³/mol. The molecule has 1 atom stereocenters. The Morgan fingerprint density at radius 3 is 2.95 bits per heavy atom. The molecule has 3 nitrogen and oxygen atoms in total. The molecule has 1 saturated heterocycles. The van der Waals surface area contributed by atoms with Gasteiger partial charge >= 0.3 is 0 Å². The van der Waals surface area contributed by atoms with Gasteiger partial charge in [0.15, 0.2) is 0 Å². The van der Waals surface area contributed by atoms with E-state index in [1.807, 2.05) is 29.4 Å². The van der Waals surface area contributed by atoms with E-state index in [4.69, 9.17) is 0 Å². The Morgan fingerprint density at radius 2 is 2.15 bits per heavy atom. The maximum atomic E-state index is 11.9. The van der Waals surface area contributed by atoms with E-state index < -0.39 is 0 Å². The molecule has 20 heavy (non-hydrogen) atoms. The topological polar surface area (TPSA) is 33.2 Å². The van der Waals surface area contributed by atoms with Crippen LogP contribution in [-0.4, -0.2) is 34.2 Å². The minimum Gasteiger partial charge on any atom is -0.342 e. The second-order valence-corrected chi connectivity index (χ2v) is 5.98. The van der Waals surface area contributed by atoms with Gasteiger partial charge in [0.1, 0.15) is 0 Å². The van der Waals surface area contributed by atoms with Gasteiger partial charge in [-0.3, -0.25) is 9.78 Å². The van der Waals surface area contributed by atoms with Crippen LogP contribution in [0.3, 0.4) is 0 Å². The van der Waals surface area contributed by atoms with Crippen molar-refractivity contribution in [3.8, 4) is 0 Å². The molecule has 1 aromatic carbocycles. The van der Waals surface area contributed by atoms with Crippen LogP contribution in [0.25, 0.3) is 10.8 Å². The second-order valence-electron chi connectivity index (χ2n) is 5.33. The molecule has 0 radical (unpaired) electrons. The van der Waals surface area contributed by atoms with Crippen LogP contribution in [0.5, 0.6) is 0 Å². The highest BCUT2D eigenvalue weighted by atomic mass is 79.9. The lowest BCUT2D eigenvalue weighted by atomic mass is 10.1. The van der Waals surface area contributed by atoms with E-state index in [1.165, 1.54) is 10.9 Å². The van der Waals surface area contributed by atoms with Gasteiger partial charge in [-0.1, -0.05) is 40.2 Å². The van der Waals surface area contributed by atoms with Crippen molar-refractivity contribution in [1.29, 1.82) is 0 Å². The van der Waals surface area contributed by atoms with Crippen LogP contribution >= 0.6 is 15.9 Å². The molecule has 2 aromatic rings. The lowest BCUT2D eigenvalue weighted by Gasteiger charge is -2.16. The molecule has 1 fully saturated rings. The molecule has 2 heterocycles. The highest BCUT2D eigenvalue weighted by Gasteiger charge is 2.28. The third-order valence-electron chi connectivity index (χ3n) is 3.91. The summed E-state index contributed by atoms with van der Waals surface area (Å²) in [5.41, 5.74) is 1.22. The van der Waals surface area contributed by atoms with E-state index in [2.05, 4.69) is 33.0 Å². The van der Waals surface area contributed by atoms with Crippen molar-refractivity contribution in [2.75, 3.05) is 18.4 Å². The fourth-order valence-electron chi connectivity index (χ4n) is 2.81. The van der Waals surface area contributed by atoms with Crippen LogP contribution < -0.4 is 0 Å². The SMILES string of the molecule is O=C1CC(CBr)CN1CCc1cncc2ccccc12. The quantitative estimate of drug-likeness (QED) is 0.806. The maximum Gasteiger partial charge on any atom is 0.222 e. The lowest BCUT2D eigenvalue weighted by molar-refractivity contribution is -0.127. The number of pyridine rings is 1. The molecule has 0 aliphatic carbocycles. The van der Waals surface area contributed by atoms with Crippen molar-refractivity contribution in [2.24, 2.45) is 5.92 Å². The number of likely N-dealkylation sites (tertiary alicyclic amines) is 1. The number of alkyl halides is 1. The number of halogens is 1. The summed E-state index contributed by atoms with van der Waals surface area (Å²) in [5, 5.41) is 3.31. The number of hydrogen-bond acceptors (Lipinski definition) is 2. The van der Waals surface area contributed by atoms with Gasteiger partial charge in [0.2, 0.25) is 5.91 Å². The van der Waals surface area contributed by atoms with Crippen LogP contribution in [0.4, 0.5) is 0 Å². The van der Waals surface area contributed by atoms with Crippen molar-refractivity contribution in [3.63, 3.8) is 0 Å². The molecule has 1 aliphatic rings. The van der Waals surface area contributed by atoms with Gasteiger partial charge in [0.05, 0.1) is 0 Å². The molecular weight excluding hydrogens is 316 g/mol. The van der Waals surface area contributed by atoms with Crippen LogP contribution in [0.15, 0.2) is 36.7 Å². The Balaban J connectivity index is 1.73. The zero-order valence-corrected chi connectivity index (χ0v) is 12.8. The number of carbonyl (C=O) groups excluding carboxylic acids is 1. The summed E-state index contributed by atoms with van der Waals surface area (Å²) in [6.45, 7) is 1.67. The first-order valence-electron chi connectivity index (χ1n) is 6.93. The molecule has 3 rings (SSSR count). The molecule has 0 spiro atoms. The number of nitrogens with zero attached hydrogens (tertiary/aromatic N) is 2.